The van der Waals surface area contributed by atoms with Gasteiger partial charge in [0.25, 0.3) is 0 Å². The van der Waals surface area contributed by atoms with Gasteiger partial charge in [-0.3, -0.25) is 9.78 Å². The summed E-state index contributed by atoms with van der Waals surface area (Å²) < 4.78 is 23.0. The third kappa shape index (κ3) is 3.06. The van der Waals surface area contributed by atoms with E-state index >= 15 is 0 Å². The zero-order valence-corrected chi connectivity index (χ0v) is 11.4. The molecule has 2 aromatic rings. The van der Waals surface area contributed by atoms with E-state index in [1.165, 1.54) is 13.2 Å². The first kappa shape index (κ1) is 13.4. The molecule has 5 heteroatoms. The summed E-state index contributed by atoms with van der Waals surface area (Å²) in [6.07, 6.45) is 2.74. The maximum atomic E-state index is 11.5. The van der Waals surface area contributed by atoms with Crippen LogP contribution in [0.1, 0.15) is 17.4 Å². The fourth-order valence-electron chi connectivity index (χ4n) is 1.68. The summed E-state index contributed by atoms with van der Waals surface area (Å²) in [5, 5.41) is 0. The first-order chi connectivity index (χ1) is 8.88. The van der Waals surface area contributed by atoms with E-state index in [0.29, 0.717) is 5.69 Å². The van der Waals surface area contributed by atoms with Crippen molar-refractivity contribution in [2.45, 2.75) is 11.8 Å². The van der Waals surface area contributed by atoms with Gasteiger partial charge in [-0.25, -0.2) is 8.42 Å². The predicted molar refractivity (Wildman–Crippen MR) is 72.8 cm³/mol. The van der Waals surface area contributed by atoms with Gasteiger partial charge in [0.15, 0.2) is 15.6 Å². The molecular weight excluding hydrogens is 262 g/mol. The smallest absolute Gasteiger partial charge is 0.178 e. The molecule has 1 aromatic carbocycles. The van der Waals surface area contributed by atoms with Gasteiger partial charge in [0, 0.05) is 24.9 Å². The summed E-state index contributed by atoms with van der Waals surface area (Å²) in [6, 6.07) is 10.0. The summed E-state index contributed by atoms with van der Waals surface area (Å²) >= 11 is 0. The zero-order chi connectivity index (χ0) is 14.0. The highest BCUT2D eigenvalue weighted by Gasteiger charge is 2.09. The minimum atomic E-state index is -3.23. The number of hydrogen-bond acceptors (Lipinski definition) is 4. The highest BCUT2D eigenvalue weighted by atomic mass is 32.2. The van der Waals surface area contributed by atoms with Gasteiger partial charge >= 0.3 is 0 Å². The molecule has 0 atom stereocenters. The van der Waals surface area contributed by atoms with Crippen LogP contribution in [0.2, 0.25) is 0 Å². The fourth-order valence-corrected chi connectivity index (χ4v) is 2.35. The van der Waals surface area contributed by atoms with Crippen LogP contribution in [0.25, 0.3) is 11.1 Å². The van der Waals surface area contributed by atoms with Crippen molar-refractivity contribution in [3.05, 3.63) is 48.3 Å². The van der Waals surface area contributed by atoms with E-state index in [1.807, 2.05) is 0 Å². The second kappa shape index (κ2) is 4.93. The maximum Gasteiger partial charge on any atom is 0.178 e. The molecule has 0 fully saturated rings. The van der Waals surface area contributed by atoms with E-state index in [2.05, 4.69) is 4.98 Å². The number of aromatic nitrogens is 1. The fraction of sp³-hybridized carbons (Fsp3) is 0.143. The first-order valence-electron chi connectivity index (χ1n) is 5.65. The molecule has 0 aliphatic heterocycles. The lowest BCUT2D eigenvalue weighted by Crippen LogP contribution is -1.98. The molecule has 1 aromatic heterocycles. The maximum absolute atomic E-state index is 11.5. The second-order valence-electron chi connectivity index (χ2n) is 4.29. The van der Waals surface area contributed by atoms with Crippen molar-refractivity contribution in [2.24, 2.45) is 0 Å². The average molecular weight is 275 g/mol. The Morgan fingerprint density at radius 1 is 1.11 bits per heavy atom. The third-order valence-electron chi connectivity index (χ3n) is 2.72. The number of benzene rings is 1. The van der Waals surface area contributed by atoms with E-state index < -0.39 is 9.84 Å². The standard InChI is InChI=1S/C14H13NO3S/c1-10(16)14-7-6-12(9-15-14)11-4-3-5-13(8-11)19(2,17)18/h3-9H,1-2H3. The van der Waals surface area contributed by atoms with Gasteiger partial charge < -0.3 is 0 Å². The largest absolute Gasteiger partial charge is 0.293 e. The SMILES string of the molecule is CC(=O)c1ccc(-c2cccc(S(C)(=O)=O)c2)cn1. The zero-order valence-electron chi connectivity index (χ0n) is 10.6. The average Bonchev–Trinajstić information content (AvgIpc) is 2.38. The van der Waals surface area contributed by atoms with Crippen LogP contribution in [0, 0.1) is 0 Å². The third-order valence-corrected chi connectivity index (χ3v) is 3.83. The van der Waals surface area contributed by atoms with Crippen LogP contribution < -0.4 is 0 Å². The number of rotatable bonds is 3. The number of carbonyl (C=O) groups excluding carboxylic acids is 1. The number of Topliss-reactive ketones (excluding diaryl/α,β-unsaturated/α-hetero) is 1. The molecule has 98 valence electrons. The number of carbonyl (C=O) groups is 1. The number of pyridine rings is 1. The second-order valence-corrected chi connectivity index (χ2v) is 6.30. The van der Waals surface area contributed by atoms with E-state index in [9.17, 15) is 13.2 Å². The summed E-state index contributed by atoms with van der Waals surface area (Å²) in [5.41, 5.74) is 1.92. The lowest BCUT2D eigenvalue weighted by atomic mass is 10.1. The Balaban J connectivity index is 2.45. The Kier molecular flexibility index (Phi) is 3.48. The Morgan fingerprint density at radius 2 is 1.84 bits per heavy atom. The summed E-state index contributed by atoms with van der Waals surface area (Å²) in [7, 11) is -3.23. The molecule has 0 saturated carbocycles. The van der Waals surface area contributed by atoms with E-state index in [0.717, 1.165) is 11.1 Å². The summed E-state index contributed by atoms with van der Waals surface area (Å²) in [6.45, 7) is 1.45. The molecule has 0 saturated heterocycles. The minimum Gasteiger partial charge on any atom is -0.293 e. The van der Waals surface area contributed by atoms with Gasteiger partial charge in [-0.1, -0.05) is 18.2 Å². The Hall–Kier alpha value is -2.01. The number of ketones is 1. The number of nitrogens with zero attached hydrogens (tertiary/aromatic N) is 1. The minimum absolute atomic E-state index is 0.101. The van der Waals surface area contributed by atoms with Crippen LogP contribution in [-0.2, 0) is 9.84 Å². The van der Waals surface area contributed by atoms with Gasteiger partial charge in [0.1, 0.15) is 5.69 Å². The highest BCUT2D eigenvalue weighted by molar-refractivity contribution is 7.90. The van der Waals surface area contributed by atoms with Crippen LogP contribution >= 0.6 is 0 Å². The highest BCUT2D eigenvalue weighted by Crippen LogP contribution is 2.22. The molecule has 0 aliphatic rings. The van der Waals surface area contributed by atoms with Crippen LogP contribution in [0.5, 0.6) is 0 Å². The molecule has 1 heterocycles. The van der Waals surface area contributed by atoms with Crippen LogP contribution in [0.4, 0.5) is 0 Å². The van der Waals surface area contributed by atoms with Gasteiger partial charge in [0.05, 0.1) is 4.90 Å². The molecule has 0 radical (unpaired) electrons. The van der Waals surface area contributed by atoms with Crippen molar-refractivity contribution in [1.82, 2.24) is 4.98 Å². The van der Waals surface area contributed by atoms with Crippen molar-refractivity contribution in [3.8, 4) is 11.1 Å². The summed E-state index contributed by atoms with van der Waals surface area (Å²) in [5.74, 6) is -0.101. The molecule has 4 nitrogen and oxygen atoms in total. The van der Waals surface area contributed by atoms with Crippen molar-refractivity contribution in [3.63, 3.8) is 0 Å². The molecule has 0 amide bonds. The van der Waals surface area contributed by atoms with Crippen molar-refractivity contribution in [1.29, 1.82) is 0 Å². The predicted octanol–water partition coefficient (Wildman–Crippen LogP) is 2.35. The van der Waals surface area contributed by atoms with Crippen LogP contribution in [-0.4, -0.2) is 25.4 Å². The lowest BCUT2D eigenvalue weighted by Gasteiger charge is -2.04. The van der Waals surface area contributed by atoms with Crippen molar-refractivity contribution in [2.75, 3.05) is 6.26 Å². The van der Waals surface area contributed by atoms with E-state index in [4.69, 9.17) is 0 Å². The quantitative estimate of drug-likeness (QED) is 0.807. The van der Waals surface area contributed by atoms with Gasteiger partial charge in [-0.05, 0) is 23.8 Å². The van der Waals surface area contributed by atoms with Gasteiger partial charge in [-0.15, -0.1) is 0 Å². The molecule has 0 spiro atoms. The lowest BCUT2D eigenvalue weighted by molar-refractivity contribution is 0.101. The molecule has 0 N–H and O–H groups in total. The molecule has 0 aliphatic carbocycles. The molecule has 2 rings (SSSR count). The normalized spacial score (nSPS) is 11.3. The van der Waals surface area contributed by atoms with Gasteiger partial charge in [-0.2, -0.15) is 0 Å². The van der Waals surface area contributed by atoms with Crippen LogP contribution in [0.3, 0.4) is 0 Å². The monoisotopic (exact) mass is 275 g/mol. The van der Waals surface area contributed by atoms with E-state index in [1.54, 1.807) is 42.6 Å². The molecule has 19 heavy (non-hydrogen) atoms. The topological polar surface area (TPSA) is 64.1 Å². The Labute approximate surface area is 112 Å². The summed E-state index contributed by atoms with van der Waals surface area (Å²) in [4.78, 5) is 15.4. The molecular formula is C14H13NO3S. The van der Waals surface area contributed by atoms with Crippen molar-refractivity contribution >= 4 is 15.6 Å². The molecule has 0 bridgehead atoms. The Bertz CT molecular complexity index is 719. The van der Waals surface area contributed by atoms with E-state index in [-0.39, 0.29) is 10.7 Å². The molecule has 0 unspecified atom stereocenters. The van der Waals surface area contributed by atoms with Crippen LogP contribution in [0.15, 0.2) is 47.5 Å². The Morgan fingerprint density at radius 3 is 2.37 bits per heavy atom. The van der Waals surface area contributed by atoms with Crippen molar-refractivity contribution < 1.29 is 13.2 Å². The number of sulfone groups is 1. The number of hydrogen-bond donors (Lipinski definition) is 0. The first-order valence-corrected chi connectivity index (χ1v) is 7.54. The van der Waals surface area contributed by atoms with Gasteiger partial charge in [0.2, 0.25) is 0 Å².